The molecule has 0 amide bonds. The van der Waals surface area contributed by atoms with Gasteiger partial charge in [-0.25, -0.2) is 0 Å². The van der Waals surface area contributed by atoms with E-state index >= 15 is 0 Å². The van der Waals surface area contributed by atoms with Gasteiger partial charge in [-0.2, -0.15) is 0 Å². The first kappa shape index (κ1) is 13.6. The maximum atomic E-state index is 9.56. The number of hydrogen-bond acceptors (Lipinski definition) is 3. The lowest BCUT2D eigenvalue weighted by Crippen LogP contribution is -2.54. The van der Waals surface area contributed by atoms with E-state index in [-0.39, 0.29) is 5.75 Å². The molecule has 0 aromatic heterocycles. The molecule has 0 radical (unpaired) electrons. The van der Waals surface area contributed by atoms with Gasteiger partial charge in [0.05, 0.1) is 32.5 Å². The first-order valence-corrected chi connectivity index (χ1v) is 5.89. The SMILES string of the molecule is CCC(N(C)c1cc(O)ccc1N)[N+](C)(C)C. The summed E-state index contributed by atoms with van der Waals surface area (Å²) in [5, 5.41) is 9.56. The predicted molar refractivity (Wildman–Crippen MR) is 73.0 cm³/mol. The van der Waals surface area contributed by atoms with Crippen LogP contribution in [0.2, 0.25) is 0 Å². The third kappa shape index (κ3) is 3.03. The molecule has 0 bridgehead atoms. The van der Waals surface area contributed by atoms with Gasteiger partial charge >= 0.3 is 0 Å². The summed E-state index contributed by atoms with van der Waals surface area (Å²) in [5.41, 5.74) is 7.54. The highest BCUT2D eigenvalue weighted by molar-refractivity contribution is 5.69. The largest absolute Gasteiger partial charge is 0.508 e. The van der Waals surface area contributed by atoms with Crippen molar-refractivity contribution in [2.45, 2.75) is 19.5 Å². The van der Waals surface area contributed by atoms with Crippen LogP contribution in [0, 0.1) is 0 Å². The van der Waals surface area contributed by atoms with Gasteiger partial charge in [-0.15, -0.1) is 0 Å². The van der Waals surface area contributed by atoms with Crippen LogP contribution in [-0.2, 0) is 0 Å². The zero-order chi connectivity index (χ0) is 13.2. The molecule has 0 aliphatic carbocycles. The standard InChI is InChI=1S/C13H23N3O/c1-6-13(16(3,4)5)15(2)12-9-10(17)7-8-11(12)14/h7-9,13H,6,14H2,1-5H3/p+1. The Morgan fingerprint density at radius 3 is 2.41 bits per heavy atom. The van der Waals surface area contributed by atoms with E-state index in [2.05, 4.69) is 33.0 Å². The van der Waals surface area contributed by atoms with Gasteiger partial charge in [0.15, 0.2) is 6.17 Å². The van der Waals surface area contributed by atoms with Crippen LogP contribution in [0.25, 0.3) is 0 Å². The van der Waals surface area contributed by atoms with Gasteiger partial charge in [0.2, 0.25) is 0 Å². The molecule has 1 aromatic carbocycles. The second kappa shape index (κ2) is 4.84. The van der Waals surface area contributed by atoms with Crippen LogP contribution in [0.3, 0.4) is 0 Å². The van der Waals surface area contributed by atoms with Gasteiger partial charge in [-0.3, -0.25) is 0 Å². The number of nitrogen functional groups attached to an aromatic ring is 1. The molecule has 0 saturated carbocycles. The van der Waals surface area contributed by atoms with Crippen LogP contribution in [0.5, 0.6) is 5.75 Å². The molecule has 3 N–H and O–H groups in total. The summed E-state index contributed by atoms with van der Waals surface area (Å²) in [6.07, 6.45) is 1.33. The number of phenols is 1. The van der Waals surface area contributed by atoms with E-state index in [4.69, 9.17) is 5.73 Å². The Morgan fingerprint density at radius 1 is 1.35 bits per heavy atom. The van der Waals surface area contributed by atoms with Crippen molar-refractivity contribution < 1.29 is 9.59 Å². The Morgan fingerprint density at radius 2 is 1.94 bits per heavy atom. The average molecular weight is 238 g/mol. The van der Waals surface area contributed by atoms with Crippen LogP contribution >= 0.6 is 0 Å². The summed E-state index contributed by atoms with van der Waals surface area (Å²) in [6.45, 7) is 2.16. The molecule has 1 aromatic rings. The molecule has 4 heteroatoms. The Labute approximate surface area is 104 Å². The lowest BCUT2D eigenvalue weighted by atomic mass is 10.2. The van der Waals surface area contributed by atoms with Crippen molar-refractivity contribution in [1.29, 1.82) is 0 Å². The number of anilines is 2. The monoisotopic (exact) mass is 238 g/mol. The van der Waals surface area contributed by atoms with E-state index in [1.807, 2.05) is 7.05 Å². The van der Waals surface area contributed by atoms with E-state index in [1.54, 1.807) is 18.2 Å². The van der Waals surface area contributed by atoms with E-state index < -0.39 is 0 Å². The number of nitrogens with zero attached hydrogens (tertiary/aromatic N) is 2. The van der Waals surface area contributed by atoms with Crippen molar-refractivity contribution in [1.82, 2.24) is 0 Å². The highest BCUT2D eigenvalue weighted by atomic mass is 16.3. The minimum absolute atomic E-state index is 0.248. The summed E-state index contributed by atoms with van der Waals surface area (Å²) in [7, 11) is 8.49. The van der Waals surface area contributed by atoms with Crippen molar-refractivity contribution in [3.05, 3.63) is 18.2 Å². The van der Waals surface area contributed by atoms with Crippen LogP contribution in [0.4, 0.5) is 11.4 Å². The van der Waals surface area contributed by atoms with E-state index in [9.17, 15) is 5.11 Å². The number of phenolic OH excluding ortho intramolecular Hbond substituents is 1. The number of rotatable bonds is 4. The minimum atomic E-state index is 0.248. The first-order valence-electron chi connectivity index (χ1n) is 5.89. The van der Waals surface area contributed by atoms with Gasteiger partial charge in [-0.1, -0.05) is 6.92 Å². The summed E-state index contributed by atoms with van der Waals surface area (Å²) in [4.78, 5) is 2.13. The lowest BCUT2D eigenvalue weighted by Gasteiger charge is -2.40. The maximum Gasteiger partial charge on any atom is 0.163 e. The number of aromatic hydroxyl groups is 1. The topological polar surface area (TPSA) is 49.5 Å². The van der Waals surface area contributed by atoms with Crippen LogP contribution in [0.1, 0.15) is 13.3 Å². The Hall–Kier alpha value is -1.42. The summed E-state index contributed by atoms with van der Waals surface area (Å²) in [6, 6.07) is 5.07. The number of hydrogen-bond donors (Lipinski definition) is 2. The van der Waals surface area contributed by atoms with Gasteiger partial charge in [0.25, 0.3) is 0 Å². The molecule has 1 unspecified atom stereocenters. The quantitative estimate of drug-likeness (QED) is 0.364. The van der Waals surface area contributed by atoms with E-state index in [0.717, 1.165) is 16.6 Å². The zero-order valence-corrected chi connectivity index (χ0v) is 11.4. The van der Waals surface area contributed by atoms with Crippen molar-refractivity contribution in [2.24, 2.45) is 0 Å². The second-order valence-corrected chi connectivity index (χ2v) is 5.36. The van der Waals surface area contributed by atoms with Crippen LogP contribution < -0.4 is 10.6 Å². The fourth-order valence-electron chi connectivity index (χ4n) is 2.34. The highest BCUT2D eigenvalue weighted by Crippen LogP contribution is 2.29. The molecule has 0 saturated heterocycles. The third-order valence-electron chi connectivity index (χ3n) is 3.10. The highest BCUT2D eigenvalue weighted by Gasteiger charge is 2.27. The molecular formula is C13H24N3O+. The molecule has 0 aliphatic heterocycles. The molecular weight excluding hydrogens is 214 g/mol. The Kier molecular flexibility index (Phi) is 3.88. The molecule has 1 rings (SSSR count). The van der Waals surface area contributed by atoms with Gasteiger partial charge in [0.1, 0.15) is 5.75 Å². The average Bonchev–Trinajstić information content (AvgIpc) is 2.20. The van der Waals surface area contributed by atoms with Crippen molar-refractivity contribution in [2.75, 3.05) is 38.8 Å². The molecule has 0 aliphatic rings. The Balaban J connectivity index is 3.10. The van der Waals surface area contributed by atoms with Gasteiger partial charge in [0, 0.05) is 19.5 Å². The molecule has 17 heavy (non-hydrogen) atoms. The van der Waals surface area contributed by atoms with E-state index in [0.29, 0.717) is 11.9 Å². The smallest absolute Gasteiger partial charge is 0.163 e. The minimum Gasteiger partial charge on any atom is -0.508 e. The fourth-order valence-corrected chi connectivity index (χ4v) is 2.34. The predicted octanol–water partition coefficient (Wildman–Crippen LogP) is 1.85. The first-order chi connectivity index (χ1) is 7.77. The van der Waals surface area contributed by atoms with Crippen molar-refractivity contribution in [3.63, 3.8) is 0 Å². The molecule has 0 heterocycles. The zero-order valence-electron chi connectivity index (χ0n) is 11.4. The van der Waals surface area contributed by atoms with Crippen molar-refractivity contribution >= 4 is 11.4 Å². The Bertz CT molecular complexity index is 385. The summed E-state index contributed by atoms with van der Waals surface area (Å²) >= 11 is 0. The van der Waals surface area contributed by atoms with Crippen LogP contribution in [0.15, 0.2) is 18.2 Å². The number of quaternary nitrogens is 1. The van der Waals surface area contributed by atoms with Crippen LogP contribution in [-0.4, -0.2) is 43.9 Å². The lowest BCUT2D eigenvalue weighted by molar-refractivity contribution is -0.895. The molecule has 96 valence electrons. The second-order valence-electron chi connectivity index (χ2n) is 5.36. The van der Waals surface area contributed by atoms with Gasteiger partial charge in [-0.05, 0) is 12.1 Å². The summed E-state index contributed by atoms with van der Waals surface area (Å²) in [5.74, 6) is 0.248. The van der Waals surface area contributed by atoms with Crippen molar-refractivity contribution in [3.8, 4) is 5.75 Å². The number of benzene rings is 1. The van der Waals surface area contributed by atoms with E-state index in [1.165, 1.54) is 0 Å². The fraction of sp³-hybridized carbons (Fsp3) is 0.538. The van der Waals surface area contributed by atoms with Gasteiger partial charge < -0.3 is 20.2 Å². The molecule has 1 atom stereocenters. The summed E-state index contributed by atoms with van der Waals surface area (Å²) < 4.78 is 0.822. The normalized spacial score (nSPS) is 13.5. The third-order valence-corrected chi connectivity index (χ3v) is 3.10. The number of nitrogens with two attached hydrogens (primary N) is 1. The maximum absolute atomic E-state index is 9.56. The molecule has 0 fully saturated rings. The molecule has 0 spiro atoms. The molecule has 4 nitrogen and oxygen atoms in total.